The molecule has 7 nitrogen and oxygen atoms in total. The van der Waals surface area contributed by atoms with Crippen LogP contribution in [0.15, 0.2) is 30.7 Å². The SMILES string of the molecule is Cn1ncc(C(=O)N2CSC[C@H]2C(=O)O)c1-n1cccc1. The first-order valence-corrected chi connectivity index (χ1v) is 7.52. The number of rotatable bonds is 3. The Morgan fingerprint density at radius 2 is 2.10 bits per heavy atom. The molecule has 0 saturated carbocycles. The molecular formula is C13H14N4O3S. The number of hydrogen-bond donors (Lipinski definition) is 1. The van der Waals surface area contributed by atoms with E-state index in [1.54, 1.807) is 16.3 Å². The highest BCUT2D eigenvalue weighted by atomic mass is 32.2. The van der Waals surface area contributed by atoms with Gasteiger partial charge in [-0.2, -0.15) is 5.10 Å². The fraction of sp³-hybridized carbons (Fsp3) is 0.308. The van der Waals surface area contributed by atoms with Crippen molar-refractivity contribution >= 4 is 23.6 Å². The van der Waals surface area contributed by atoms with Crippen LogP contribution in [0.1, 0.15) is 10.4 Å². The predicted molar refractivity (Wildman–Crippen MR) is 77.5 cm³/mol. The van der Waals surface area contributed by atoms with Crippen LogP contribution in [0.4, 0.5) is 0 Å². The fourth-order valence-electron chi connectivity index (χ4n) is 2.37. The van der Waals surface area contributed by atoms with E-state index >= 15 is 0 Å². The minimum Gasteiger partial charge on any atom is -0.480 e. The number of amides is 1. The smallest absolute Gasteiger partial charge is 0.327 e. The molecule has 3 heterocycles. The van der Waals surface area contributed by atoms with Gasteiger partial charge in [-0.1, -0.05) is 0 Å². The quantitative estimate of drug-likeness (QED) is 0.907. The van der Waals surface area contributed by atoms with Gasteiger partial charge in [0.05, 0.1) is 12.1 Å². The van der Waals surface area contributed by atoms with E-state index in [9.17, 15) is 14.7 Å². The maximum absolute atomic E-state index is 12.7. The summed E-state index contributed by atoms with van der Waals surface area (Å²) in [6.07, 6.45) is 5.13. The monoisotopic (exact) mass is 306 g/mol. The number of aryl methyl sites for hydroxylation is 1. The van der Waals surface area contributed by atoms with Crippen molar-refractivity contribution in [3.05, 3.63) is 36.3 Å². The molecule has 3 rings (SSSR count). The highest BCUT2D eigenvalue weighted by Gasteiger charge is 2.36. The number of carboxylic acid groups (broad SMARTS) is 1. The topological polar surface area (TPSA) is 80.4 Å². The Morgan fingerprint density at radius 3 is 2.76 bits per heavy atom. The number of carboxylic acids is 1. The first-order valence-electron chi connectivity index (χ1n) is 6.36. The average Bonchev–Trinajstić information content (AvgIpc) is 3.17. The van der Waals surface area contributed by atoms with Gasteiger partial charge in [0, 0.05) is 25.2 Å². The van der Waals surface area contributed by atoms with Crippen LogP contribution in [0.25, 0.3) is 5.82 Å². The molecule has 110 valence electrons. The average molecular weight is 306 g/mol. The highest BCUT2D eigenvalue weighted by molar-refractivity contribution is 7.99. The van der Waals surface area contributed by atoms with Crippen molar-refractivity contribution in [3.8, 4) is 5.82 Å². The zero-order valence-corrected chi connectivity index (χ0v) is 12.2. The maximum Gasteiger partial charge on any atom is 0.327 e. The van der Waals surface area contributed by atoms with E-state index in [2.05, 4.69) is 5.10 Å². The number of hydrogen-bond acceptors (Lipinski definition) is 4. The Balaban J connectivity index is 1.98. The molecule has 0 bridgehead atoms. The minimum atomic E-state index is -0.972. The van der Waals surface area contributed by atoms with Crippen LogP contribution in [-0.2, 0) is 11.8 Å². The summed E-state index contributed by atoms with van der Waals surface area (Å²) < 4.78 is 3.39. The van der Waals surface area contributed by atoms with Gasteiger partial charge >= 0.3 is 5.97 Å². The standard InChI is InChI=1S/C13H14N4O3S/c1-15-11(16-4-2-3-5-16)9(6-14-15)12(18)17-8-21-7-10(17)13(19)20/h2-6,10H,7-8H2,1H3,(H,19,20)/t10-/m0/s1. The van der Waals surface area contributed by atoms with Crippen molar-refractivity contribution in [3.63, 3.8) is 0 Å². The van der Waals surface area contributed by atoms with E-state index in [0.717, 1.165) is 0 Å². The van der Waals surface area contributed by atoms with Crippen molar-refractivity contribution in [2.75, 3.05) is 11.6 Å². The van der Waals surface area contributed by atoms with Crippen molar-refractivity contribution < 1.29 is 14.7 Å². The Morgan fingerprint density at radius 1 is 1.38 bits per heavy atom. The number of carbonyl (C=O) groups is 2. The third kappa shape index (κ3) is 2.31. The van der Waals surface area contributed by atoms with Crippen LogP contribution < -0.4 is 0 Å². The fourth-order valence-corrected chi connectivity index (χ4v) is 3.51. The molecule has 8 heteroatoms. The summed E-state index contributed by atoms with van der Waals surface area (Å²) >= 11 is 1.44. The highest BCUT2D eigenvalue weighted by Crippen LogP contribution is 2.25. The first-order chi connectivity index (χ1) is 10.1. The van der Waals surface area contributed by atoms with E-state index < -0.39 is 12.0 Å². The molecule has 1 amide bonds. The summed E-state index contributed by atoms with van der Waals surface area (Å²) in [4.78, 5) is 25.3. The van der Waals surface area contributed by atoms with Gasteiger partial charge in [-0.05, 0) is 12.1 Å². The van der Waals surface area contributed by atoms with Crippen LogP contribution >= 0.6 is 11.8 Å². The predicted octanol–water partition coefficient (Wildman–Crippen LogP) is 0.810. The van der Waals surface area contributed by atoms with Gasteiger partial charge in [0.25, 0.3) is 5.91 Å². The van der Waals surface area contributed by atoms with Crippen molar-refractivity contribution in [2.45, 2.75) is 6.04 Å². The maximum atomic E-state index is 12.7. The van der Waals surface area contributed by atoms with Crippen molar-refractivity contribution in [1.29, 1.82) is 0 Å². The van der Waals surface area contributed by atoms with E-state index in [0.29, 0.717) is 23.0 Å². The summed E-state index contributed by atoms with van der Waals surface area (Å²) in [5, 5.41) is 13.3. The largest absolute Gasteiger partial charge is 0.480 e. The Kier molecular flexibility index (Phi) is 3.46. The summed E-state index contributed by atoms with van der Waals surface area (Å²) in [5.74, 6) is 0.158. The molecular weight excluding hydrogens is 292 g/mol. The second-order valence-electron chi connectivity index (χ2n) is 4.72. The lowest BCUT2D eigenvalue weighted by Gasteiger charge is -2.20. The van der Waals surface area contributed by atoms with Gasteiger partial charge in [-0.15, -0.1) is 11.8 Å². The molecule has 0 spiro atoms. The van der Waals surface area contributed by atoms with Crippen molar-refractivity contribution in [2.24, 2.45) is 7.05 Å². The van der Waals surface area contributed by atoms with Crippen LogP contribution in [0.2, 0.25) is 0 Å². The summed E-state index contributed by atoms with van der Waals surface area (Å²) in [7, 11) is 1.75. The molecule has 21 heavy (non-hydrogen) atoms. The zero-order chi connectivity index (χ0) is 15.0. The Bertz CT molecular complexity index is 680. The molecule has 1 aliphatic rings. The van der Waals surface area contributed by atoms with Gasteiger partial charge in [-0.3, -0.25) is 9.48 Å². The molecule has 0 aromatic carbocycles. The van der Waals surface area contributed by atoms with E-state index in [1.807, 2.05) is 24.5 Å². The molecule has 0 radical (unpaired) electrons. The lowest BCUT2D eigenvalue weighted by atomic mass is 10.2. The molecule has 2 aromatic rings. The zero-order valence-electron chi connectivity index (χ0n) is 11.3. The van der Waals surface area contributed by atoms with Crippen LogP contribution in [0, 0.1) is 0 Å². The molecule has 1 atom stereocenters. The molecule has 1 fully saturated rings. The van der Waals surface area contributed by atoms with Gasteiger partial charge < -0.3 is 14.6 Å². The second-order valence-corrected chi connectivity index (χ2v) is 5.72. The number of aliphatic carboxylic acids is 1. The van der Waals surface area contributed by atoms with Gasteiger partial charge in [-0.25, -0.2) is 4.79 Å². The lowest BCUT2D eigenvalue weighted by molar-refractivity contribution is -0.140. The number of carbonyl (C=O) groups excluding carboxylic acids is 1. The van der Waals surface area contributed by atoms with Crippen molar-refractivity contribution in [1.82, 2.24) is 19.2 Å². The second kappa shape index (κ2) is 5.28. The molecule has 2 aromatic heterocycles. The minimum absolute atomic E-state index is 0.302. The summed E-state index contributed by atoms with van der Waals surface area (Å²) in [6.45, 7) is 0. The molecule has 1 aliphatic heterocycles. The summed E-state index contributed by atoms with van der Waals surface area (Å²) in [5.41, 5.74) is 0.405. The van der Waals surface area contributed by atoms with Crippen LogP contribution in [0.3, 0.4) is 0 Å². The number of thioether (sulfide) groups is 1. The van der Waals surface area contributed by atoms with Gasteiger partial charge in [0.1, 0.15) is 17.4 Å². The summed E-state index contributed by atoms with van der Waals surface area (Å²) in [6, 6.07) is 2.93. The third-order valence-corrected chi connectivity index (χ3v) is 4.43. The van der Waals surface area contributed by atoms with Gasteiger partial charge in [0.15, 0.2) is 0 Å². The molecule has 0 aliphatic carbocycles. The first kappa shape index (κ1) is 13.7. The number of nitrogens with zero attached hydrogens (tertiary/aromatic N) is 4. The number of aromatic nitrogens is 3. The van der Waals surface area contributed by atoms with Crippen LogP contribution in [0.5, 0.6) is 0 Å². The van der Waals surface area contributed by atoms with E-state index in [-0.39, 0.29) is 5.91 Å². The lowest BCUT2D eigenvalue weighted by Crippen LogP contribution is -2.42. The third-order valence-electron chi connectivity index (χ3n) is 3.42. The van der Waals surface area contributed by atoms with E-state index in [1.165, 1.54) is 22.9 Å². The van der Waals surface area contributed by atoms with Gasteiger partial charge in [0.2, 0.25) is 0 Å². The molecule has 1 saturated heterocycles. The van der Waals surface area contributed by atoms with E-state index in [4.69, 9.17) is 0 Å². The normalized spacial score (nSPS) is 18.1. The van der Waals surface area contributed by atoms with Crippen LogP contribution in [-0.4, -0.2) is 53.9 Å². The Labute approximate surface area is 125 Å². The Hall–Kier alpha value is -2.22. The molecule has 0 unspecified atom stereocenters. The molecule has 1 N–H and O–H groups in total.